The van der Waals surface area contributed by atoms with Crippen LogP contribution in [0, 0.1) is 22.0 Å². The van der Waals surface area contributed by atoms with Crippen molar-refractivity contribution in [1.82, 2.24) is 5.32 Å². The predicted molar refractivity (Wildman–Crippen MR) is 91.7 cm³/mol. The summed E-state index contributed by atoms with van der Waals surface area (Å²) in [5, 5.41) is 13.0. The van der Waals surface area contributed by atoms with Gasteiger partial charge in [-0.2, -0.15) is 4.79 Å². The smallest absolute Gasteiger partial charge is 0.441 e. The fourth-order valence-electron chi connectivity index (χ4n) is 2.85. The first-order chi connectivity index (χ1) is 13.2. The molecule has 148 valence electrons. The molecular weight excluding hydrogens is 375 g/mol. The molecule has 0 radical (unpaired) electrons. The Morgan fingerprint density at radius 3 is 2.43 bits per heavy atom. The highest BCUT2D eigenvalue weighted by atomic mass is 19.1. The number of Topliss-reactive ketones (excluding diaryl/α,β-unsaturated/α-hetero) is 1. The van der Waals surface area contributed by atoms with Gasteiger partial charge >= 0.3 is 11.7 Å². The number of nitrogens with one attached hydrogen (secondary N) is 1. The molecule has 1 amide bonds. The van der Waals surface area contributed by atoms with Crippen LogP contribution in [0.25, 0.3) is 5.53 Å². The van der Waals surface area contributed by atoms with Crippen molar-refractivity contribution in [3.63, 3.8) is 0 Å². The van der Waals surface area contributed by atoms with E-state index >= 15 is 0 Å². The summed E-state index contributed by atoms with van der Waals surface area (Å²) in [5.74, 6) is -4.71. The molecule has 28 heavy (non-hydrogen) atoms. The van der Waals surface area contributed by atoms with E-state index < -0.39 is 52.3 Å². The van der Waals surface area contributed by atoms with Crippen molar-refractivity contribution in [1.29, 1.82) is 0 Å². The minimum absolute atomic E-state index is 0.143. The zero-order valence-corrected chi connectivity index (χ0v) is 15.0. The lowest BCUT2D eigenvalue weighted by molar-refractivity contribution is -0.384. The summed E-state index contributed by atoms with van der Waals surface area (Å²) in [4.78, 5) is 48.6. The predicted octanol–water partition coefficient (Wildman–Crippen LogP) is 0.987. The van der Waals surface area contributed by atoms with Crippen LogP contribution in [-0.2, 0) is 25.7 Å². The number of ketones is 1. The van der Waals surface area contributed by atoms with Gasteiger partial charge in [0.15, 0.2) is 0 Å². The second-order valence-corrected chi connectivity index (χ2v) is 6.34. The molecule has 1 aliphatic rings. The molecule has 0 aliphatic carbocycles. The number of hydrogen-bond acceptors (Lipinski definition) is 6. The number of esters is 1. The van der Waals surface area contributed by atoms with Crippen molar-refractivity contribution in [3.05, 3.63) is 45.5 Å². The number of carbonyl (C=O) groups is 3. The van der Waals surface area contributed by atoms with Gasteiger partial charge in [0.25, 0.3) is 11.5 Å². The first kappa shape index (κ1) is 20.8. The molecule has 1 aromatic carbocycles. The molecule has 1 saturated heterocycles. The molecule has 0 spiro atoms. The highest BCUT2D eigenvalue weighted by molar-refractivity contribution is 6.62. The van der Waals surface area contributed by atoms with E-state index in [9.17, 15) is 28.9 Å². The van der Waals surface area contributed by atoms with Gasteiger partial charge in [-0.15, -0.1) is 0 Å². The highest BCUT2D eigenvalue weighted by Gasteiger charge is 2.50. The van der Waals surface area contributed by atoms with Gasteiger partial charge in [-0.25, -0.2) is 9.18 Å². The molecule has 1 fully saturated rings. The van der Waals surface area contributed by atoms with E-state index in [4.69, 9.17) is 10.3 Å². The number of rotatable bonds is 8. The lowest BCUT2D eigenvalue weighted by atomic mass is 9.77. The minimum Gasteiger partial charge on any atom is -0.452 e. The quantitative estimate of drug-likeness (QED) is 0.102. The molecule has 1 N–H and O–H groups in total. The standard InChI is InChI=1S/C17H17FN4O6/c1-8(13-12(9(2)18)16(24)20-13)15(23)14(21-19)17(25)28-7-10-3-5-11(6-4-10)22(26)27/h3-6,8-9,12-13H,7H2,1-2H3,(H,20,24)/t8-,9-,12-,13-/m1/s1. The van der Waals surface area contributed by atoms with Gasteiger partial charge < -0.3 is 15.6 Å². The summed E-state index contributed by atoms with van der Waals surface area (Å²) < 4.78 is 18.4. The molecule has 0 bridgehead atoms. The number of carbonyl (C=O) groups excluding carboxylic acids is 3. The van der Waals surface area contributed by atoms with E-state index in [0.717, 1.165) is 0 Å². The maximum absolute atomic E-state index is 13.5. The first-order valence-electron chi connectivity index (χ1n) is 8.28. The Morgan fingerprint density at radius 2 is 1.96 bits per heavy atom. The molecule has 1 aromatic rings. The fraction of sp³-hybridized carbons (Fsp3) is 0.412. The number of ether oxygens (including phenoxy) is 1. The largest absolute Gasteiger partial charge is 0.452 e. The third kappa shape index (κ3) is 4.26. The van der Waals surface area contributed by atoms with Gasteiger partial charge in [0.2, 0.25) is 5.91 Å². The lowest BCUT2D eigenvalue weighted by Gasteiger charge is -2.40. The summed E-state index contributed by atoms with van der Waals surface area (Å²) in [7, 11) is 0. The number of amides is 1. The number of hydrogen-bond donors (Lipinski definition) is 1. The Labute approximate surface area is 158 Å². The number of benzene rings is 1. The number of β-lactam (4-membered cyclic amide) rings is 1. The van der Waals surface area contributed by atoms with E-state index in [1.54, 1.807) is 0 Å². The van der Waals surface area contributed by atoms with Gasteiger partial charge in [0.05, 0.1) is 16.9 Å². The van der Waals surface area contributed by atoms with Gasteiger partial charge in [0.1, 0.15) is 12.8 Å². The number of halogens is 1. The molecule has 1 aliphatic heterocycles. The highest BCUT2D eigenvalue weighted by Crippen LogP contribution is 2.27. The van der Waals surface area contributed by atoms with E-state index in [1.165, 1.54) is 38.1 Å². The third-order valence-electron chi connectivity index (χ3n) is 4.49. The second kappa shape index (κ2) is 8.49. The van der Waals surface area contributed by atoms with Crippen LogP contribution in [0.2, 0.25) is 0 Å². The monoisotopic (exact) mass is 392 g/mol. The van der Waals surface area contributed by atoms with Gasteiger partial charge in [-0.3, -0.25) is 19.7 Å². The second-order valence-electron chi connectivity index (χ2n) is 6.34. The van der Waals surface area contributed by atoms with Crippen molar-refractivity contribution < 1.29 is 33.2 Å². The van der Waals surface area contributed by atoms with Gasteiger partial charge in [-0.1, -0.05) is 6.92 Å². The SMILES string of the molecule is C[C@@H](F)[C@H]1C(=O)N[C@@H]1[C@@H](C)C(=O)C(=[N+]=[N-])C(=O)OCc1ccc([N+](=O)[O-])cc1. The molecule has 0 unspecified atom stereocenters. The maximum Gasteiger partial charge on any atom is 0.441 e. The zero-order chi connectivity index (χ0) is 21.0. The van der Waals surface area contributed by atoms with Crippen molar-refractivity contribution in [2.45, 2.75) is 32.7 Å². The summed E-state index contributed by atoms with van der Waals surface area (Å²) in [6, 6.07) is 4.33. The Morgan fingerprint density at radius 1 is 1.36 bits per heavy atom. The molecule has 4 atom stereocenters. The van der Waals surface area contributed by atoms with Crippen molar-refractivity contribution >= 4 is 29.1 Å². The van der Waals surface area contributed by atoms with E-state index in [1.807, 2.05) is 0 Å². The van der Waals surface area contributed by atoms with Crippen LogP contribution in [0.4, 0.5) is 10.1 Å². The Hall–Kier alpha value is -3.46. The molecule has 0 aromatic heterocycles. The third-order valence-corrected chi connectivity index (χ3v) is 4.49. The van der Waals surface area contributed by atoms with E-state index in [0.29, 0.717) is 5.56 Å². The zero-order valence-electron chi connectivity index (χ0n) is 15.0. The molecule has 2 rings (SSSR count). The topological polar surface area (TPSA) is 152 Å². The summed E-state index contributed by atoms with van der Waals surface area (Å²) >= 11 is 0. The van der Waals surface area contributed by atoms with Crippen LogP contribution < -0.4 is 5.32 Å². The molecular formula is C17H17FN4O6. The van der Waals surface area contributed by atoms with Gasteiger partial charge in [-0.05, 0) is 24.6 Å². The summed E-state index contributed by atoms with van der Waals surface area (Å²) in [5.41, 5.74) is 8.42. The van der Waals surface area contributed by atoms with Crippen molar-refractivity contribution in [2.24, 2.45) is 11.8 Å². The first-order valence-corrected chi connectivity index (χ1v) is 8.28. The van der Waals surface area contributed by atoms with Crippen molar-refractivity contribution in [3.8, 4) is 0 Å². The van der Waals surface area contributed by atoms with Gasteiger partial charge in [0, 0.05) is 18.1 Å². The van der Waals surface area contributed by atoms with Crippen LogP contribution in [0.15, 0.2) is 24.3 Å². The number of nitrogens with zero attached hydrogens (tertiary/aromatic N) is 3. The Bertz CT molecular complexity index is 863. The van der Waals surface area contributed by atoms with Crippen molar-refractivity contribution in [2.75, 3.05) is 0 Å². The molecule has 10 nitrogen and oxygen atoms in total. The fourth-order valence-corrected chi connectivity index (χ4v) is 2.85. The maximum atomic E-state index is 13.5. The van der Waals surface area contributed by atoms with Crippen LogP contribution >= 0.6 is 0 Å². The van der Waals surface area contributed by atoms with Crippen LogP contribution in [0.5, 0.6) is 0 Å². The summed E-state index contributed by atoms with van der Waals surface area (Å²) in [6.45, 7) is 2.24. The molecule has 11 heteroatoms. The average Bonchev–Trinajstić information content (AvgIpc) is 2.63. The van der Waals surface area contributed by atoms with Crippen LogP contribution in [0.3, 0.4) is 0 Å². The average molecular weight is 392 g/mol. The number of nitro groups is 1. The van der Waals surface area contributed by atoms with E-state index in [-0.39, 0.29) is 12.3 Å². The molecule has 0 saturated carbocycles. The van der Waals surface area contributed by atoms with E-state index in [2.05, 4.69) is 10.1 Å². The normalized spacial score (nSPS) is 20.0. The summed E-state index contributed by atoms with van der Waals surface area (Å²) in [6.07, 6.45) is -1.49. The van der Waals surface area contributed by atoms with Crippen LogP contribution in [-0.4, -0.2) is 45.3 Å². The lowest BCUT2D eigenvalue weighted by Crippen LogP contribution is -2.65. The Kier molecular flexibility index (Phi) is 6.32. The number of non-ortho nitro benzene ring substituents is 1. The Balaban J connectivity index is 2.00. The molecule has 1 heterocycles. The number of alkyl halides is 1. The minimum atomic E-state index is -1.49. The number of nitro benzene ring substituents is 1. The van der Waals surface area contributed by atoms with Crippen LogP contribution in [0.1, 0.15) is 19.4 Å².